The summed E-state index contributed by atoms with van der Waals surface area (Å²) in [5, 5.41) is 12.0. The van der Waals surface area contributed by atoms with E-state index in [4.69, 9.17) is 10.2 Å². The lowest BCUT2D eigenvalue weighted by atomic mass is 9.95. The monoisotopic (exact) mass is 356 g/mol. The molecule has 5 aromatic rings. The Bertz CT molecular complexity index is 1240. The van der Waals surface area contributed by atoms with Crippen molar-refractivity contribution in [2.24, 2.45) is 0 Å². The van der Waals surface area contributed by atoms with Crippen molar-refractivity contribution in [2.75, 3.05) is 0 Å². The second kappa shape index (κ2) is 5.86. The van der Waals surface area contributed by atoms with Gasteiger partial charge in [0.25, 0.3) is 0 Å². The standard InChI is InChI=1S/C26H16N2/c1-3-9-18(10-4-1)25-23-20-15-7-13-17-14-8-16-21(22(17)20)24(23)26(28-27-25)19-11-5-2-6-12-19/h1-16H. The molecule has 0 saturated heterocycles. The molecule has 0 amide bonds. The minimum atomic E-state index is 0.944. The average molecular weight is 356 g/mol. The number of hydrogen-bond donors (Lipinski definition) is 0. The minimum absolute atomic E-state index is 0.944. The van der Waals surface area contributed by atoms with Crippen LogP contribution in [-0.4, -0.2) is 10.2 Å². The van der Waals surface area contributed by atoms with E-state index >= 15 is 0 Å². The van der Waals surface area contributed by atoms with E-state index in [1.54, 1.807) is 0 Å². The Morgan fingerprint density at radius 3 is 1.36 bits per heavy atom. The van der Waals surface area contributed by atoms with Crippen molar-refractivity contribution in [3.05, 3.63) is 97.1 Å². The van der Waals surface area contributed by atoms with Crippen molar-refractivity contribution >= 4 is 10.8 Å². The van der Waals surface area contributed by atoms with Gasteiger partial charge in [-0.2, -0.15) is 0 Å². The average Bonchev–Trinajstić information content (AvgIpc) is 3.11. The first-order valence-corrected chi connectivity index (χ1v) is 9.46. The second-order valence-electron chi connectivity index (χ2n) is 7.09. The highest BCUT2D eigenvalue weighted by Gasteiger charge is 2.29. The van der Waals surface area contributed by atoms with Gasteiger partial charge in [0.2, 0.25) is 0 Å². The molecule has 1 heterocycles. The quantitative estimate of drug-likeness (QED) is 0.349. The smallest absolute Gasteiger partial charge is 0.101 e. The van der Waals surface area contributed by atoms with Gasteiger partial charge in [0, 0.05) is 22.3 Å². The molecule has 0 saturated carbocycles. The van der Waals surface area contributed by atoms with E-state index in [1.165, 1.54) is 33.0 Å². The molecule has 0 bridgehead atoms. The molecule has 0 fully saturated rings. The molecule has 2 nitrogen and oxygen atoms in total. The van der Waals surface area contributed by atoms with Gasteiger partial charge in [-0.25, -0.2) is 0 Å². The third kappa shape index (κ3) is 2.09. The highest BCUT2D eigenvalue weighted by atomic mass is 15.1. The predicted octanol–water partition coefficient (Wildman–Crippen LogP) is 6.61. The molecule has 0 atom stereocenters. The molecular formula is C26H16N2. The van der Waals surface area contributed by atoms with Gasteiger partial charge in [0.15, 0.2) is 0 Å². The van der Waals surface area contributed by atoms with Crippen molar-refractivity contribution in [1.82, 2.24) is 10.2 Å². The first-order chi connectivity index (χ1) is 13.9. The maximum Gasteiger partial charge on any atom is 0.101 e. The number of fused-ring (bicyclic) bond motifs is 3. The first kappa shape index (κ1) is 15.3. The highest BCUT2D eigenvalue weighted by molar-refractivity contribution is 6.19. The number of hydrogen-bond acceptors (Lipinski definition) is 2. The fourth-order valence-electron chi connectivity index (χ4n) is 4.32. The molecule has 0 spiro atoms. The number of nitrogens with zero attached hydrogens (tertiary/aromatic N) is 2. The van der Waals surface area contributed by atoms with Gasteiger partial charge < -0.3 is 0 Å². The summed E-state index contributed by atoms with van der Waals surface area (Å²) >= 11 is 0. The Kier molecular flexibility index (Phi) is 3.20. The van der Waals surface area contributed by atoms with Gasteiger partial charge in [-0.15, -0.1) is 10.2 Å². The first-order valence-electron chi connectivity index (χ1n) is 9.46. The number of benzene rings is 4. The molecule has 0 N–H and O–H groups in total. The zero-order valence-corrected chi connectivity index (χ0v) is 15.1. The van der Waals surface area contributed by atoms with E-state index in [1.807, 2.05) is 12.1 Å². The predicted molar refractivity (Wildman–Crippen MR) is 115 cm³/mol. The lowest BCUT2D eigenvalue weighted by Gasteiger charge is -2.13. The van der Waals surface area contributed by atoms with Crippen LogP contribution < -0.4 is 0 Å². The van der Waals surface area contributed by atoms with Crippen LogP contribution in [0, 0.1) is 0 Å². The molecule has 28 heavy (non-hydrogen) atoms. The Balaban J connectivity index is 1.78. The summed E-state index contributed by atoms with van der Waals surface area (Å²) in [5.41, 5.74) is 8.94. The van der Waals surface area contributed by atoms with E-state index in [9.17, 15) is 0 Å². The second-order valence-corrected chi connectivity index (χ2v) is 7.09. The summed E-state index contributed by atoms with van der Waals surface area (Å²) in [7, 11) is 0. The molecule has 1 aliphatic carbocycles. The minimum Gasteiger partial charge on any atom is -0.149 e. The molecule has 0 aliphatic heterocycles. The summed E-state index contributed by atoms with van der Waals surface area (Å²) in [4.78, 5) is 0. The SMILES string of the molecule is c1ccc(-c2nnc(-c3ccccc3)c3c2-c2cccc4cccc-3c24)cc1. The van der Waals surface area contributed by atoms with Crippen LogP contribution in [-0.2, 0) is 0 Å². The fourth-order valence-corrected chi connectivity index (χ4v) is 4.32. The Morgan fingerprint density at radius 2 is 0.893 bits per heavy atom. The van der Waals surface area contributed by atoms with Crippen molar-refractivity contribution in [1.29, 1.82) is 0 Å². The molecular weight excluding hydrogens is 340 g/mol. The number of aromatic nitrogens is 2. The van der Waals surface area contributed by atoms with E-state index < -0.39 is 0 Å². The van der Waals surface area contributed by atoms with Crippen LogP contribution in [0.3, 0.4) is 0 Å². The van der Waals surface area contributed by atoms with Gasteiger partial charge in [0.1, 0.15) is 11.4 Å². The molecule has 6 rings (SSSR count). The third-order valence-electron chi connectivity index (χ3n) is 5.51. The molecule has 4 aromatic carbocycles. The van der Waals surface area contributed by atoms with Crippen LogP contribution in [0.15, 0.2) is 97.1 Å². The van der Waals surface area contributed by atoms with E-state index in [0.29, 0.717) is 0 Å². The Morgan fingerprint density at radius 1 is 0.429 bits per heavy atom. The van der Waals surface area contributed by atoms with Gasteiger partial charge in [-0.1, -0.05) is 97.1 Å². The van der Waals surface area contributed by atoms with Crippen LogP contribution in [0.25, 0.3) is 55.5 Å². The number of rotatable bonds is 2. The van der Waals surface area contributed by atoms with E-state index in [0.717, 1.165) is 22.5 Å². The van der Waals surface area contributed by atoms with Crippen LogP contribution in [0.4, 0.5) is 0 Å². The largest absolute Gasteiger partial charge is 0.149 e. The summed E-state index contributed by atoms with van der Waals surface area (Å²) in [6.45, 7) is 0. The zero-order chi connectivity index (χ0) is 18.5. The molecule has 2 heteroatoms. The molecule has 1 aromatic heterocycles. The van der Waals surface area contributed by atoms with Gasteiger partial charge in [-0.3, -0.25) is 0 Å². The fraction of sp³-hybridized carbons (Fsp3) is 0. The lowest BCUT2D eigenvalue weighted by Crippen LogP contribution is -1.97. The topological polar surface area (TPSA) is 25.8 Å². The molecule has 130 valence electrons. The van der Waals surface area contributed by atoms with Crippen LogP contribution >= 0.6 is 0 Å². The van der Waals surface area contributed by atoms with Gasteiger partial charge >= 0.3 is 0 Å². The van der Waals surface area contributed by atoms with Crippen molar-refractivity contribution in [3.63, 3.8) is 0 Å². The van der Waals surface area contributed by atoms with Crippen LogP contribution in [0.2, 0.25) is 0 Å². The van der Waals surface area contributed by atoms with E-state index in [2.05, 4.69) is 84.9 Å². The van der Waals surface area contributed by atoms with Crippen LogP contribution in [0.1, 0.15) is 0 Å². The van der Waals surface area contributed by atoms with Gasteiger partial charge in [-0.05, 0) is 21.9 Å². The summed E-state index contributed by atoms with van der Waals surface area (Å²) in [6.07, 6.45) is 0. The summed E-state index contributed by atoms with van der Waals surface area (Å²) < 4.78 is 0. The lowest BCUT2D eigenvalue weighted by molar-refractivity contribution is 1.05. The summed E-state index contributed by atoms with van der Waals surface area (Å²) in [6, 6.07) is 33.7. The molecule has 0 unspecified atom stereocenters. The van der Waals surface area contributed by atoms with Crippen LogP contribution in [0.5, 0.6) is 0 Å². The maximum atomic E-state index is 4.72. The molecule has 0 radical (unpaired) electrons. The third-order valence-corrected chi connectivity index (χ3v) is 5.51. The van der Waals surface area contributed by atoms with Crippen molar-refractivity contribution in [2.45, 2.75) is 0 Å². The Labute approximate surface area is 163 Å². The van der Waals surface area contributed by atoms with Crippen molar-refractivity contribution in [3.8, 4) is 44.8 Å². The van der Waals surface area contributed by atoms with E-state index in [-0.39, 0.29) is 0 Å². The highest BCUT2D eigenvalue weighted by Crippen LogP contribution is 2.52. The van der Waals surface area contributed by atoms with Gasteiger partial charge in [0.05, 0.1) is 0 Å². The van der Waals surface area contributed by atoms with Crippen molar-refractivity contribution < 1.29 is 0 Å². The summed E-state index contributed by atoms with van der Waals surface area (Å²) in [5.74, 6) is 0. The molecule has 1 aliphatic rings. The Hall–Kier alpha value is -3.78. The zero-order valence-electron chi connectivity index (χ0n) is 15.1. The maximum absolute atomic E-state index is 4.72. The normalized spacial score (nSPS) is 11.6.